The van der Waals surface area contributed by atoms with Gasteiger partial charge in [-0.05, 0) is 23.8 Å². The first-order valence-electron chi connectivity index (χ1n) is 4.05. The van der Waals surface area contributed by atoms with Crippen LogP contribution in [0.1, 0.15) is 11.6 Å². The number of nitrogens with one attached hydrogen (secondary N) is 1. The van der Waals surface area contributed by atoms with Gasteiger partial charge in [0.1, 0.15) is 6.61 Å². The van der Waals surface area contributed by atoms with Gasteiger partial charge in [0.15, 0.2) is 0 Å². The smallest absolute Gasteiger partial charge is 0.407 e. The van der Waals surface area contributed by atoms with Crippen molar-refractivity contribution in [1.82, 2.24) is 5.32 Å². The van der Waals surface area contributed by atoms with E-state index in [1.807, 2.05) is 0 Å². The molecule has 1 aliphatic heterocycles. The van der Waals surface area contributed by atoms with Crippen molar-refractivity contribution in [1.29, 1.82) is 0 Å². The van der Waals surface area contributed by atoms with Crippen LogP contribution in [0.15, 0.2) is 18.2 Å². The average Bonchev–Trinajstić information content (AvgIpc) is 2.56. The van der Waals surface area contributed by atoms with Crippen molar-refractivity contribution in [3.8, 4) is 0 Å². The predicted octanol–water partition coefficient (Wildman–Crippen LogP) is 2.77. The number of carbonyl (C=O) groups excluding carboxylic acids is 1. The van der Waals surface area contributed by atoms with E-state index in [-0.39, 0.29) is 6.04 Å². The summed E-state index contributed by atoms with van der Waals surface area (Å²) in [4.78, 5) is 10.8. The fourth-order valence-electron chi connectivity index (χ4n) is 1.33. The third-order valence-electron chi connectivity index (χ3n) is 2.01. The lowest BCUT2D eigenvalue weighted by atomic mass is 10.1. The van der Waals surface area contributed by atoms with E-state index >= 15 is 0 Å². The molecule has 2 rings (SSSR count). The van der Waals surface area contributed by atoms with Crippen LogP contribution in [0.3, 0.4) is 0 Å². The highest BCUT2D eigenvalue weighted by Gasteiger charge is 2.25. The predicted molar refractivity (Wildman–Crippen MR) is 53.7 cm³/mol. The maximum Gasteiger partial charge on any atom is 0.407 e. The Balaban J connectivity index is 2.31. The molecule has 1 aliphatic rings. The molecule has 14 heavy (non-hydrogen) atoms. The molecule has 1 unspecified atom stereocenters. The van der Waals surface area contributed by atoms with Gasteiger partial charge in [0.25, 0.3) is 0 Å². The molecular weight excluding hydrogens is 225 g/mol. The normalized spacial score (nSPS) is 20.4. The highest BCUT2D eigenvalue weighted by molar-refractivity contribution is 6.33. The third-order valence-corrected chi connectivity index (χ3v) is 2.59. The minimum Gasteiger partial charge on any atom is -0.447 e. The summed E-state index contributed by atoms with van der Waals surface area (Å²) in [6.07, 6.45) is -0.425. The Morgan fingerprint density at radius 1 is 1.43 bits per heavy atom. The van der Waals surface area contributed by atoms with Crippen molar-refractivity contribution in [2.45, 2.75) is 6.04 Å². The van der Waals surface area contributed by atoms with Gasteiger partial charge in [-0.15, -0.1) is 0 Å². The summed E-state index contributed by atoms with van der Waals surface area (Å²) >= 11 is 11.8. The molecule has 0 radical (unpaired) electrons. The largest absolute Gasteiger partial charge is 0.447 e. The van der Waals surface area contributed by atoms with Crippen molar-refractivity contribution in [3.05, 3.63) is 33.8 Å². The lowest BCUT2D eigenvalue weighted by Gasteiger charge is -2.09. The number of alkyl carbamates (subject to hydrolysis) is 1. The monoisotopic (exact) mass is 231 g/mol. The van der Waals surface area contributed by atoms with E-state index < -0.39 is 6.09 Å². The first-order valence-corrected chi connectivity index (χ1v) is 4.80. The topological polar surface area (TPSA) is 38.3 Å². The summed E-state index contributed by atoms with van der Waals surface area (Å²) < 4.78 is 4.76. The number of amides is 1. The molecule has 1 aromatic carbocycles. The Morgan fingerprint density at radius 2 is 2.21 bits per heavy atom. The highest BCUT2D eigenvalue weighted by atomic mass is 35.5. The molecule has 1 heterocycles. The maximum absolute atomic E-state index is 10.8. The van der Waals surface area contributed by atoms with E-state index in [1.54, 1.807) is 18.2 Å². The van der Waals surface area contributed by atoms with Crippen LogP contribution in [0.4, 0.5) is 4.79 Å². The summed E-state index contributed by atoms with van der Waals surface area (Å²) in [5.74, 6) is 0. The van der Waals surface area contributed by atoms with Crippen molar-refractivity contribution in [2.75, 3.05) is 6.61 Å². The quantitative estimate of drug-likeness (QED) is 0.808. The van der Waals surface area contributed by atoms with Crippen LogP contribution in [0.25, 0.3) is 0 Å². The second-order valence-corrected chi connectivity index (χ2v) is 3.80. The minimum absolute atomic E-state index is 0.200. The van der Waals surface area contributed by atoms with Crippen molar-refractivity contribution < 1.29 is 9.53 Å². The van der Waals surface area contributed by atoms with E-state index in [1.165, 1.54) is 0 Å². The summed E-state index contributed by atoms with van der Waals surface area (Å²) in [5.41, 5.74) is 0.782. The molecule has 1 fully saturated rings. The molecule has 1 aromatic rings. The molecule has 0 aliphatic carbocycles. The number of carbonyl (C=O) groups is 1. The van der Waals surface area contributed by atoms with Crippen molar-refractivity contribution in [3.63, 3.8) is 0 Å². The zero-order valence-corrected chi connectivity index (χ0v) is 8.60. The fourth-order valence-corrected chi connectivity index (χ4v) is 1.76. The number of cyclic esters (lactones) is 1. The molecule has 1 atom stereocenters. The molecule has 74 valence electrons. The van der Waals surface area contributed by atoms with E-state index in [0.29, 0.717) is 16.7 Å². The molecule has 0 aromatic heterocycles. The summed E-state index contributed by atoms with van der Waals surface area (Å²) in [7, 11) is 0. The molecular formula is C9H7Cl2NO2. The number of rotatable bonds is 1. The standard InChI is InChI=1S/C9H7Cl2NO2/c10-5-1-2-7(11)6(3-5)8-4-14-9(13)12-8/h1-3,8H,4H2,(H,12,13). The lowest BCUT2D eigenvalue weighted by Crippen LogP contribution is -2.18. The van der Waals surface area contributed by atoms with Gasteiger partial charge in [-0.1, -0.05) is 23.2 Å². The van der Waals surface area contributed by atoms with Gasteiger partial charge in [-0.2, -0.15) is 0 Å². The summed E-state index contributed by atoms with van der Waals surface area (Å²) in [5, 5.41) is 3.80. The van der Waals surface area contributed by atoms with Crippen LogP contribution in [-0.2, 0) is 4.74 Å². The molecule has 1 saturated heterocycles. The van der Waals surface area contributed by atoms with E-state index in [4.69, 9.17) is 27.9 Å². The molecule has 0 bridgehead atoms. The fraction of sp³-hybridized carbons (Fsp3) is 0.222. The third kappa shape index (κ3) is 1.79. The SMILES string of the molecule is O=C1NC(c2cc(Cl)ccc2Cl)CO1. The number of halogens is 2. The maximum atomic E-state index is 10.8. The van der Waals surface area contributed by atoms with Crippen LogP contribution < -0.4 is 5.32 Å². The number of ether oxygens (including phenoxy) is 1. The first kappa shape index (κ1) is 9.62. The van der Waals surface area contributed by atoms with Gasteiger partial charge < -0.3 is 10.1 Å². The Hall–Kier alpha value is -0.930. The Morgan fingerprint density at radius 3 is 2.86 bits per heavy atom. The van der Waals surface area contributed by atoms with E-state index in [0.717, 1.165) is 5.56 Å². The van der Waals surface area contributed by atoms with Gasteiger partial charge >= 0.3 is 6.09 Å². The van der Waals surface area contributed by atoms with Crippen LogP contribution in [0.2, 0.25) is 10.0 Å². The molecule has 0 saturated carbocycles. The average molecular weight is 232 g/mol. The molecule has 0 spiro atoms. The van der Waals surface area contributed by atoms with Gasteiger partial charge in [-0.3, -0.25) is 0 Å². The van der Waals surface area contributed by atoms with Crippen LogP contribution in [-0.4, -0.2) is 12.7 Å². The summed E-state index contributed by atoms with van der Waals surface area (Å²) in [6.45, 7) is 0.291. The molecule has 3 nitrogen and oxygen atoms in total. The zero-order chi connectivity index (χ0) is 10.1. The number of benzene rings is 1. The second-order valence-electron chi connectivity index (χ2n) is 2.96. The Kier molecular flexibility index (Phi) is 2.52. The number of hydrogen-bond acceptors (Lipinski definition) is 2. The summed E-state index contributed by atoms with van der Waals surface area (Å²) in [6, 6.07) is 4.92. The van der Waals surface area contributed by atoms with Crippen molar-refractivity contribution in [2.24, 2.45) is 0 Å². The highest BCUT2D eigenvalue weighted by Crippen LogP contribution is 2.28. The first-order chi connectivity index (χ1) is 6.66. The van der Waals surface area contributed by atoms with Crippen LogP contribution >= 0.6 is 23.2 Å². The van der Waals surface area contributed by atoms with Crippen LogP contribution in [0, 0.1) is 0 Å². The van der Waals surface area contributed by atoms with Gasteiger partial charge in [0.2, 0.25) is 0 Å². The van der Waals surface area contributed by atoms with Gasteiger partial charge in [0, 0.05) is 10.0 Å². The Bertz CT molecular complexity index is 381. The Labute approximate surface area is 91.0 Å². The number of hydrogen-bond donors (Lipinski definition) is 1. The van der Waals surface area contributed by atoms with Gasteiger partial charge in [-0.25, -0.2) is 4.79 Å². The van der Waals surface area contributed by atoms with Crippen LogP contribution in [0.5, 0.6) is 0 Å². The van der Waals surface area contributed by atoms with Crippen molar-refractivity contribution >= 4 is 29.3 Å². The van der Waals surface area contributed by atoms with Gasteiger partial charge in [0.05, 0.1) is 6.04 Å². The molecule has 1 amide bonds. The molecule has 5 heteroatoms. The lowest BCUT2D eigenvalue weighted by molar-refractivity contribution is 0.177. The van der Waals surface area contributed by atoms with E-state index in [9.17, 15) is 4.79 Å². The minimum atomic E-state index is -0.425. The molecule has 1 N–H and O–H groups in total. The zero-order valence-electron chi connectivity index (χ0n) is 7.09. The van der Waals surface area contributed by atoms with E-state index in [2.05, 4.69) is 5.32 Å². The second kappa shape index (κ2) is 3.67.